The van der Waals surface area contributed by atoms with Gasteiger partial charge in [0.2, 0.25) is 5.91 Å². The molecule has 0 aliphatic heterocycles. The van der Waals surface area contributed by atoms with Crippen molar-refractivity contribution in [1.82, 2.24) is 0 Å². The van der Waals surface area contributed by atoms with E-state index < -0.39 is 9.84 Å². The highest BCUT2D eigenvalue weighted by Gasteiger charge is 2.24. The maximum absolute atomic E-state index is 12.3. The topological polar surface area (TPSA) is 87.0 Å². The minimum absolute atomic E-state index is 0.0754. The van der Waals surface area contributed by atoms with E-state index >= 15 is 0 Å². The molecule has 2 aromatic rings. The van der Waals surface area contributed by atoms with Crippen LogP contribution in [0.2, 0.25) is 0 Å². The summed E-state index contributed by atoms with van der Waals surface area (Å²) in [4.78, 5) is 13.7. The molecule has 5 nitrogen and oxygen atoms in total. The summed E-state index contributed by atoms with van der Waals surface area (Å²) in [7, 11) is -3.38. The van der Waals surface area contributed by atoms with Gasteiger partial charge in [0.1, 0.15) is 11.1 Å². The fraction of sp³-hybridized carbons (Fsp3) is 0.400. The van der Waals surface area contributed by atoms with Gasteiger partial charge in [-0.05, 0) is 49.3 Å². The van der Waals surface area contributed by atoms with Crippen LogP contribution in [0.3, 0.4) is 0 Å². The highest BCUT2D eigenvalue weighted by Crippen LogP contribution is 2.39. The highest BCUT2D eigenvalue weighted by atomic mass is 32.2. The molecule has 27 heavy (non-hydrogen) atoms. The lowest BCUT2D eigenvalue weighted by Gasteiger charge is -2.17. The van der Waals surface area contributed by atoms with Crippen molar-refractivity contribution >= 4 is 32.1 Å². The molecule has 0 bridgehead atoms. The van der Waals surface area contributed by atoms with E-state index in [0.29, 0.717) is 16.5 Å². The van der Waals surface area contributed by atoms with E-state index in [9.17, 15) is 18.5 Å². The third-order valence-electron chi connectivity index (χ3n) is 4.80. The Hall–Kier alpha value is -2.17. The van der Waals surface area contributed by atoms with Gasteiger partial charge in [-0.2, -0.15) is 5.26 Å². The second kappa shape index (κ2) is 8.24. The molecular formula is C20H22N2O3S2. The van der Waals surface area contributed by atoms with Crippen molar-refractivity contribution in [3.05, 3.63) is 46.3 Å². The van der Waals surface area contributed by atoms with Crippen LogP contribution in [0.5, 0.6) is 0 Å². The first-order chi connectivity index (χ1) is 12.9. The third kappa shape index (κ3) is 4.57. The highest BCUT2D eigenvalue weighted by molar-refractivity contribution is 7.91. The molecule has 0 saturated carbocycles. The number of carbonyl (C=O) groups excluding carboxylic acids is 1. The summed E-state index contributed by atoms with van der Waals surface area (Å²) in [5.41, 5.74) is 1.65. The van der Waals surface area contributed by atoms with Crippen LogP contribution < -0.4 is 5.32 Å². The van der Waals surface area contributed by atoms with Gasteiger partial charge in [-0.25, -0.2) is 8.42 Å². The molecule has 1 aromatic carbocycles. The van der Waals surface area contributed by atoms with Gasteiger partial charge in [-0.1, -0.05) is 25.1 Å². The monoisotopic (exact) mass is 402 g/mol. The zero-order valence-electron chi connectivity index (χ0n) is 15.2. The van der Waals surface area contributed by atoms with Crippen LogP contribution in [0.25, 0.3) is 0 Å². The molecule has 1 heterocycles. The molecule has 1 N–H and O–H groups in total. The van der Waals surface area contributed by atoms with Crippen molar-refractivity contribution in [3.8, 4) is 6.07 Å². The van der Waals surface area contributed by atoms with Gasteiger partial charge in [0.25, 0.3) is 0 Å². The molecule has 0 radical (unpaired) electrons. The number of rotatable bonds is 6. The standard InChI is InChI=1S/C20H22N2O3S2/c1-14-9-10-16-17(13-21)20(26-18(16)12-14)22-19(23)8-5-11-27(24,25)15-6-3-2-4-7-15/h2-4,6-7,14H,5,8-12H2,1H3,(H,22,23)/t14-/m0/s1. The Morgan fingerprint density at radius 3 is 2.78 bits per heavy atom. The Balaban J connectivity index is 1.60. The summed E-state index contributed by atoms with van der Waals surface area (Å²) in [6.45, 7) is 2.19. The molecule has 0 spiro atoms. The smallest absolute Gasteiger partial charge is 0.225 e. The Morgan fingerprint density at radius 1 is 1.33 bits per heavy atom. The molecular weight excluding hydrogens is 380 g/mol. The first-order valence-corrected chi connectivity index (χ1v) is 11.5. The zero-order valence-corrected chi connectivity index (χ0v) is 16.8. The molecule has 1 aromatic heterocycles. The number of carbonyl (C=O) groups is 1. The number of hydrogen-bond acceptors (Lipinski definition) is 5. The number of nitriles is 1. The number of sulfone groups is 1. The fourth-order valence-corrected chi connectivity index (χ4v) is 6.02. The number of amides is 1. The second-order valence-corrected chi connectivity index (χ2v) is 10.2. The summed E-state index contributed by atoms with van der Waals surface area (Å²) in [6.07, 6.45) is 3.23. The van der Waals surface area contributed by atoms with Crippen molar-refractivity contribution in [1.29, 1.82) is 5.26 Å². The maximum Gasteiger partial charge on any atom is 0.225 e. The molecule has 3 rings (SSSR count). The Morgan fingerprint density at radius 2 is 2.07 bits per heavy atom. The average molecular weight is 403 g/mol. The van der Waals surface area contributed by atoms with Gasteiger partial charge >= 0.3 is 0 Å². The van der Waals surface area contributed by atoms with Gasteiger partial charge in [-0.3, -0.25) is 4.79 Å². The lowest BCUT2D eigenvalue weighted by molar-refractivity contribution is -0.116. The molecule has 0 unspecified atom stereocenters. The van der Waals surface area contributed by atoms with Gasteiger partial charge < -0.3 is 5.32 Å². The van der Waals surface area contributed by atoms with Gasteiger partial charge in [0, 0.05) is 11.3 Å². The summed E-state index contributed by atoms with van der Waals surface area (Å²) in [5.74, 6) is 0.268. The normalized spacial score (nSPS) is 16.4. The second-order valence-electron chi connectivity index (χ2n) is 6.95. The van der Waals surface area contributed by atoms with E-state index in [1.807, 2.05) is 0 Å². The predicted octanol–water partition coefficient (Wildman–Crippen LogP) is 3.94. The first-order valence-electron chi connectivity index (χ1n) is 9.03. The average Bonchev–Trinajstić information content (AvgIpc) is 2.98. The molecule has 7 heteroatoms. The van der Waals surface area contributed by atoms with Crippen LogP contribution >= 0.6 is 11.3 Å². The van der Waals surface area contributed by atoms with Crippen molar-refractivity contribution in [2.45, 2.75) is 43.9 Å². The van der Waals surface area contributed by atoms with Crippen LogP contribution in [-0.4, -0.2) is 20.1 Å². The molecule has 1 aliphatic rings. The molecule has 0 fully saturated rings. The Bertz CT molecular complexity index is 973. The van der Waals surface area contributed by atoms with Crippen LogP contribution in [0.4, 0.5) is 5.00 Å². The van der Waals surface area contributed by atoms with Gasteiger partial charge in [-0.15, -0.1) is 11.3 Å². The lowest BCUT2D eigenvalue weighted by atomic mass is 9.89. The van der Waals surface area contributed by atoms with Crippen molar-refractivity contribution in [3.63, 3.8) is 0 Å². The summed E-state index contributed by atoms with van der Waals surface area (Å²) in [5, 5.41) is 12.9. The van der Waals surface area contributed by atoms with Crippen LogP contribution in [0.15, 0.2) is 35.2 Å². The van der Waals surface area contributed by atoms with Crippen molar-refractivity contribution in [2.75, 3.05) is 11.1 Å². The molecule has 1 atom stereocenters. The van der Waals surface area contributed by atoms with Crippen LogP contribution in [0.1, 0.15) is 42.2 Å². The van der Waals surface area contributed by atoms with E-state index in [1.165, 1.54) is 16.2 Å². The number of thiophene rings is 1. The van der Waals surface area contributed by atoms with E-state index in [0.717, 1.165) is 24.8 Å². The third-order valence-corrected chi connectivity index (χ3v) is 7.78. The Labute approximate surface area is 164 Å². The number of nitrogens with one attached hydrogen (secondary N) is 1. The lowest BCUT2D eigenvalue weighted by Crippen LogP contribution is -2.14. The molecule has 0 saturated heterocycles. The summed E-state index contributed by atoms with van der Waals surface area (Å²) in [6, 6.07) is 10.5. The van der Waals surface area contributed by atoms with E-state index in [4.69, 9.17) is 0 Å². The number of hydrogen-bond donors (Lipinski definition) is 1. The van der Waals surface area contributed by atoms with E-state index in [1.54, 1.807) is 30.3 Å². The molecule has 1 aliphatic carbocycles. The number of benzene rings is 1. The quantitative estimate of drug-likeness (QED) is 0.793. The van der Waals surface area contributed by atoms with Crippen LogP contribution in [0, 0.1) is 17.2 Å². The molecule has 1 amide bonds. The Kier molecular flexibility index (Phi) is 5.98. The summed E-state index contributed by atoms with van der Waals surface area (Å²) >= 11 is 1.48. The minimum Gasteiger partial charge on any atom is -0.317 e. The number of fused-ring (bicyclic) bond motifs is 1. The summed E-state index contributed by atoms with van der Waals surface area (Å²) < 4.78 is 24.5. The van der Waals surface area contributed by atoms with Crippen molar-refractivity contribution in [2.24, 2.45) is 5.92 Å². The molecule has 142 valence electrons. The van der Waals surface area contributed by atoms with Gasteiger partial charge in [0.15, 0.2) is 9.84 Å². The fourth-order valence-electron chi connectivity index (χ4n) is 3.31. The zero-order chi connectivity index (χ0) is 19.4. The van der Waals surface area contributed by atoms with E-state index in [-0.39, 0.29) is 29.4 Å². The minimum atomic E-state index is -3.38. The van der Waals surface area contributed by atoms with Crippen molar-refractivity contribution < 1.29 is 13.2 Å². The van der Waals surface area contributed by atoms with E-state index in [2.05, 4.69) is 18.3 Å². The maximum atomic E-state index is 12.3. The SMILES string of the molecule is C[C@H]1CCc2c(sc(NC(=O)CCCS(=O)(=O)c3ccccc3)c2C#N)C1. The van der Waals surface area contributed by atoms with Gasteiger partial charge in [0.05, 0.1) is 16.2 Å². The number of anilines is 1. The first kappa shape index (κ1) is 19.6. The largest absolute Gasteiger partial charge is 0.317 e. The predicted molar refractivity (Wildman–Crippen MR) is 107 cm³/mol. The number of nitrogens with zero attached hydrogens (tertiary/aromatic N) is 1. The van der Waals surface area contributed by atoms with Crippen LogP contribution in [-0.2, 0) is 27.5 Å².